The minimum absolute atomic E-state index is 0.919. The molecule has 0 amide bonds. The molecule has 56 valence electrons. The molecule has 0 heterocycles. The molecule has 0 aromatic rings. The van der Waals surface area contributed by atoms with Crippen molar-refractivity contribution < 1.29 is 0 Å². The van der Waals surface area contributed by atoms with Gasteiger partial charge in [-0.25, -0.2) is 0 Å². The Balaban J connectivity index is 2.17. The first kappa shape index (κ1) is 7.59. The first-order valence-corrected chi connectivity index (χ1v) is 3.98. The van der Waals surface area contributed by atoms with Crippen molar-refractivity contribution in [1.29, 1.82) is 0 Å². The molecule has 0 bridgehead atoms. The summed E-state index contributed by atoms with van der Waals surface area (Å²) in [7, 11) is 0. The fraction of sp³-hybridized carbons (Fsp3) is 0.600. The molecule has 1 saturated carbocycles. The van der Waals surface area contributed by atoms with Gasteiger partial charge in [-0.1, -0.05) is 23.8 Å². The van der Waals surface area contributed by atoms with E-state index in [1.54, 1.807) is 0 Å². The third kappa shape index (κ3) is 2.02. The summed E-state index contributed by atoms with van der Waals surface area (Å²) in [5.74, 6) is 0.919. The van der Waals surface area contributed by atoms with Crippen LogP contribution >= 0.6 is 0 Å². The number of allylic oxidation sites excluding steroid dienone is 3. The summed E-state index contributed by atoms with van der Waals surface area (Å²) in [6.07, 6.45) is 6.13. The van der Waals surface area contributed by atoms with Gasteiger partial charge in [-0.3, -0.25) is 0 Å². The Morgan fingerprint density at radius 2 is 2.20 bits per heavy atom. The van der Waals surface area contributed by atoms with Crippen molar-refractivity contribution in [1.82, 2.24) is 0 Å². The Bertz CT molecular complexity index is 151. The van der Waals surface area contributed by atoms with Crippen LogP contribution in [0.3, 0.4) is 0 Å². The van der Waals surface area contributed by atoms with Crippen LogP contribution in [-0.4, -0.2) is 0 Å². The molecule has 0 radical (unpaired) electrons. The molecular weight excluding hydrogens is 120 g/mol. The van der Waals surface area contributed by atoms with Gasteiger partial charge in [0, 0.05) is 0 Å². The average Bonchev–Trinajstić information content (AvgIpc) is 1.77. The second kappa shape index (κ2) is 3.05. The van der Waals surface area contributed by atoms with E-state index in [-0.39, 0.29) is 0 Å². The van der Waals surface area contributed by atoms with Gasteiger partial charge >= 0.3 is 0 Å². The van der Waals surface area contributed by atoms with Crippen LogP contribution in [0.1, 0.15) is 33.1 Å². The summed E-state index contributed by atoms with van der Waals surface area (Å²) < 4.78 is 0. The molecule has 0 N–H and O–H groups in total. The summed E-state index contributed by atoms with van der Waals surface area (Å²) in [5, 5.41) is 0. The lowest BCUT2D eigenvalue weighted by molar-refractivity contribution is 0.424. The number of rotatable bonds is 2. The van der Waals surface area contributed by atoms with Crippen molar-refractivity contribution in [2.45, 2.75) is 33.1 Å². The second-order valence-electron chi connectivity index (χ2n) is 3.54. The maximum Gasteiger partial charge on any atom is -0.0288 e. The monoisotopic (exact) mass is 136 g/mol. The Morgan fingerprint density at radius 1 is 1.60 bits per heavy atom. The fourth-order valence-electron chi connectivity index (χ4n) is 1.33. The lowest BCUT2D eigenvalue weighted by atomic mass is 9.79. The van der Waals surface area contributed by atoms with Crippen LogP contribution in [0.2, 0.25) is 0 Å². The molecule has 10 heavy (non-hydrogen) atoms. The van der Waals surface area contributed by atoms with E-state index in [9.17, 15) is 0 Å². The smallest absolute Gasteiger partial charge is 0.0288 e. The van der Waals surface area contributed by atoms with Crippen LogP contribution in [-0.2, 0) is 0 Å². The first-order chi connectivity index (χ1) is 4.68. The van der Waals surface area contributed by atoms with Gasteiger partial charge < -0.3 is 0 Å². The van der Waals surface area contributed by atoms with E-state index in [1.807, 2.05) is 0 Å². The largest absolute Gasteiger partial charge is 0.0998 e. The quantitative estimate of drug-likeness (QED) is 0.511. The highest BCUT2D eigenvalue weighted by atomic mass is 14.2. The molecule has 0 nitrogen and oxygen atoms in total. The van der Waals surface area contributed by atoms with Gasteiger partial charge in [-0.15, -0.1) is 0 Å². The molecule has 0 saturated heterocycles. The van der Waals surface area contributed by atoms with E-state index in [0.717, 1.165) is 5.92 Å². The zero-order chi connectivity index (χ0) is 7.56. The Labute approximate surface area is 63.6 Å². The third-order valence-electron chi connectivity index (χ3n) is 2.01. The number of hydrogen-bond donors (Lipinski definition) is 0. The lowest BCUT2D eigenvalue weighted by Crippen LogP contribution is -2.12. The summed E-state index contributed by atoms with van der Waals surface area (Å²) >= 11 is 0. The van der Waals surface area contributed by atoms with Gasteiger partial charge in [0.05, 0.1) is 0 Å². The van der Waals surface area contributed by atoms with Gasteiger partial charge in [-0.05, 0) is 39.0 Å². The molecule has 0 unspecified atom stereocenters. The highest BCUT2D eigenvalue weighted by molar-refractivity contribution is 5.09. The van der Waals surface area contributed by atoms with Crippen molar-refractivity contribution >= 4 is 0 Å². The van der Waals surface area contributed by atoms with Crippen molar-refractivity contribution in [3.8, 4) is 0 Å². The Kier molecular flexibility index (Phi) is 2.31. The van der Waals surface area contributed by atoms with Crippen LogP contribution in [0, 0.1) is 5.92 Å². The molecule has 1 aliphatic carbocycles. The van der Waals surface area contributed by atoms with Crippen LogP contribution in [0.15, 0.2) is 23.8 Å². The van der Waals surface area contributed by atoms with Gasteiger partial charge in [0.1, 0.15) is 0 Å². The molecule has 1 rings (SSSR count). The van der Waals surface area contributed by atoms with Gasteiger partial charge in [-0.2, -0.15) is 0 Å². The minimum Gasteiger partial charge on any atom is -0.0998 e. The van der Waals surface area contributed by atoms with E-state index in [2.05, 4.69) is 26.5 Å². The van der Waals surface area contributed by atoms with Crippen molar-refractivity contribution in [2.24, 2.45) is 5.92 Å². The van der Waals surface area contributed by atoms with Crippen LogP contribution in [0.25, 0.3) is 0 Å². The summed E-state index contributed by atoms with van der Waals surface area (Å²) in [5.41, 5.74) is 2.88. The minimum atomic E-state index is 0.919. The zero-order valence-corrected chi connectivity index (χ0v) is 6.98. The second-order valence-corrected chi connectivity index (χ2v) is 3.54. The molecule has 0 heteroatoms. The van der Waals surface area contributed by atoms with Gasteiger partial charge in [0.15, 0.2) is 0 Å². The van der Waals surface area contributed by atoms with Gasteiger partial charge in [0.2, 0.25) is 0 Å². The van der Waals surface area contributed by atoms with Crippen molar-refractivity contribution in [3.05, 3.63) is 23.8 Å². The first-order valence-electron chi connectivity index (χ1n) is 3.98. The molecule has 0 atom stereocenters. The predicted octanol–water partition coefficient (Wildman–Crippen LogP) is 3.31. The van der Waals surface area contributed by atoms with Crippen LogP contribution < -0.4 is 0 Å². The zero-order valence-electron chi connectivity index (χ0n) is 6.98. The third-order valence-corrected chi connectivity index (χ3v) is 2.01. The fourth-order valence-corrected chi connectivity index (χ4v) is 1.33. The van der Waals surface area contributed by atoms with E-state index in [4.69, 9.17) is 0 Å². The Hall–Kier alpha value is -0.520. The molecular formula is C10H16. The summed E-state index contributed by atoms with van der Waals surface area (Å²) in [6, 6.07) is 0. The number of hydrogen-bond acceptors (Lipinski definition) is 0. The average molecular weight is 136 g/mol. The maximum atomic E-state index is 3.92. The topological polar surface area (TPSA) is 0 Å². The summed E-state index contributed by atoms with van der Waals surface area (Å²) in [4.78, 5) is 0. The van der Waals surface area contributed by atoms with Crippen molar-refractivity contribution in [2.75, 3.05) is 0 Å². The van der Waals surface area contributed by atoms with Crippen LogP contribution in [0.4, 0.5) is 0 Å². The highest BCUT2D eigenvalue weighted by Crippen LogP contribution is 2.34. The van der Waals surface area contributed by atoms with Crippen molar-refractivity contribution in [3.63, 3.8) is 0 Å². The molecule has 0 aromatic heterocycles. The van der Waals surface area contributed by atoms with E-state index in [1.165, 1.54) is 30.4 Å². The molecule has 1 fully saturated rings. The van der Waals surface area contributed by atoms with Gasteiger partial charge in [0.25, 0.3) is 0 Å². The van der Waals surface area contributed by atoms with E-state index >= 15 is 0 Å². The molecule has 0 spiro atoms. The summed E-state index contributed by atoms with van der Waals surface area (Å²) in [6.45, 7) is 8.24. The normalized spacial score (nSPS) is 18.4. The predicted molar refractivity (Wildman–Crippen MR) is 45.9 cm³/mol. The van der Waals surface area contributed by atoms with E-state index < -0.39 is 0 Å². The standard InChI is InChI=1S/C10H16/c1-8(2)4-5-10-6-9(3)7-10/h4,10H,3,5-7H2,1-2H3. The lowest BCUT2D eigenvalue weighted by Gasteiger charge is -2.27. The van der Waals surface area contributed by atoms with E-state index in [0.29, 0.717) is 0 Å². The molecule has 1 aliphatic rings. The maximum absolute atomic E-state index is 3.92. The SMILES string of the molecule is C=C1CC(CC=C(C)C)C1. The highest BCUT2D eigenvalue weighted by Gasteiger charge is 2.19. The Morgan fingerprint density at radius 3 is 2.60 bits per heavy atom. The molecule has 0 aromatic carbocycles. The molecule has 0 aliphatic heterocycles. The van der Waals surface area contributed by atoms with Crippen LogP contribution in [0.5, 0.6) is 0 Å².